The number of benzene rings is 3. The van der Waals surface area contributed by atoms with Crippen LogP contribution < -0.4 is 20.1 Å². The van der Waals surface area contributed by atoms with Gasteiger partial charge in [-0.2, -0.15) is 0 Å². The van der Waals surface area contributed by atoms with Gasteiger partial charge in [0.1, 0.15) is 11.5 Å². The Hall–Kier alpha value is -3.80. The van der Waals surface area contributed by atoms with E-state index >= 15 is 0 Å². The minimum Gasteiger partial charge on any atom is -0.497 e. The quantitative estimate of drug-likeness (QED) is 0.371. The summed E-state index contributed by atoms with van der Waals surface area (Å²) in [5, 5.41) is 5.80. The number of methoxy groups -OCH3 is 2. The first kappa shape index (κ1) is 24.8. The van der Waals surface area contributed by atoms with Gasteiger partial charge in [-0.3, -0.25) is 9.59 Å². The van der Waals surface area contributed by atoms with Crippen molar-refractivity contribution in [1.82, 2.24) is 0 Å². The number of ether oxygens (including phenoxy) is 2. The van der Waals surface area contributed by atoms with E-state index in [9.17, 15) is 9.59 Å². The Morgan fingerprint density at radius 1 is 0.853 bits per heavy atom. The number of rotatable bonds is 11. The van der Waals surface area contributed by atoms with Gasteiger partial charge in [0.25, 0.3) is 5.91 Å². The number of hydrogen-bond acceptors (Lipinski definition) is 4. The maximum absolute atomic E-state index is 12.5. The van der Waals surface area contributed by atoms with Crippen molar-refractivity contribution in [1.29, 1.82) is 0 Å². The van der Waals surface area contributed by atoms with Crippen LogP contribution in [0.25, 0.3) is 0 Å². The largest absolute Gasteiger partial charge is 0.497 e. The van der Waals surface area contributed by atoms with Gasteiger partial charge in [0.15, 0.2) is 0 Å². The molecule has 2 amide bonds. The second-order valence-electron chi connectivity index (χ2n) is 8.14. The molecule has 3 aromatic carbocycles. The summed E-state index contributed by atoms with van der Waals surface area (Å²) in [5.74, 6) is 1.74. The topological polar surface area (TPSA) is 76.7 Å². The molecule has 0 saturated heterocycles. The number of anilines is 2. The van der Waals surface area contributed by atoms with E-state index in [1.54, 1.807) is 50.6 Å². The molecule has 0 bridgehead atoms. The number of hydrogen-bond donors (Lipinski definition) is 2. The van der Waals surface area contributed by atoms with Gasteiger partial charge >= 0.3 is 0 Å². The smallest absolute Gasteiger partial charge is 0.255 e. The fourth-order valence-electron chi connectivity index (χ4n) is 3.77. The van der Waals surface area contributed by atoms with E-state index in [0.29, 0.717) is 29.3 Å². The molecule has 1 atom stereocenters. The molecule has 2 N–H and O–H groups in total. The van der Waals surface area contributed by atoms with Crippen molar-refractivity contribution in [3.8, 4) is 11.5 Å². The lowest BCUT2D eigenvalue weighted by Gasteiger charge is -2.17. The number of carbonyl (C=O) groups is 2. The summed E-state index contributed by atoms with van der Waals surface area (Å²) in [6.45, 7) is 2.14. The van der Waals surface area contributed by atoms with Crippen LogP contribution in [0, 0.1) is 5.92 Å². The van der Waals surface area contributed by atoms with Crippen molar-refractivity contribution < 1.29 is 19.1 Å². The molecule has 34 heavy (non-hydrogen) atoms. The van der Waals surface area contributed by atoms with Gasteiger partial charge in [0, 0.05) is 29.4 Å². The van der Waals surface area contributed by atoms with Gasteiger partial charge in [-0.15, -0.1) is 0 Å². The Morgan fingerprint density at radius 3 is 2.15 bits per heavy atom. The zero-order chi connectivity index (χ0) is 24.3. The SMILES string of the molecule is CCC(CCC(=O)Nc1ccc(NC(=O)c2ccccc2)cc1)Cc1ccc(OC)cc1OC. The highest BCUT2D eigenvalue weighted by Gasteiger charge is 2.14. The summed E-state index contributed by atoms with van der Waals surface area (Å²) >= 11 is 0. The van der Waals surface area contributed by atoms with Crippen LogP contribution in [0.4, 0.5) is 11.4 Å². The van der Waals surface area contributed by atoms with Gasteiger partial charge < -0.3 is 20.1 Å². The van der Waals surface area contributed by atoms with Crippen molar-refractivity contribution in [2.75, 3.05) is 24.9 Å². The second kappa shape index (κ2) is 12.4. The lowest BCUT2D eigenvalue weighted by Crippen LogP contribution is -2.15. The van der Waals surface area contributed by atoms with E-state index in [1.165, 1.54) is 0 Å². The summed E-state index contributed by atoms with van der Waals surface area (Å²) in [5.41, 5.74) is 3.08. The number of carbonyl (C=O) groups excluding carboxylic acids is 2. The van der Waals surface area contributed by atoms with Crippen LogP contribution in [0.3, 0.4) is 0 Å². The Kier molecular flexibility index (Phi) is 9.09. The lowest BCUT2D eigenvalue weighted by atomic mass is 9.92. The van der Waals surface area contributed by atoms with Gasteiger partial charge in [0.05, 0.1) is 14.2 Å². The van der Waals surface area contributed by atoms with E-state index in [1.807, 2.05) is 36.4 Å². The molecular formula is C28H32N2O4. The molecule has 0 spiro atoms. The van der Waals surface area contributed by atoms with Gasteiger partial charge in [0.2, 0.25) is 5.91 Å². The van der Waals surface area contributed by atoms with Crippen LogP contribution in [0.1, 0.15) is 42.1 Å². The molecule has 0 aromatic heterocycles. The average Bonchev–Trinajstić information content (AvgIpc) is 2.88. The Morgan fingerprint density at radius 2 is 1.53 bits per heavy atom. The molecule has 0 aliphatic rings. The van der Waals surface area contributed by atoms with Crippen molar-refractivity contribution in [2.24, 2.45) is 5.92 Å². The summed E-state index contributed by atoms with van der Waals surface area (Å²) in [6, 6.07) is 22.0. The molecule has 3 rings (SSSR count). The van der Waals surface area contributed by atoms with Crippen LogP contribution in [0.5, 0.6) is 11.5 Å². The summed E-state index contributed by atoms with van der Waals surface area (Å²) in [6.07, 6.45) is 3.03. The maximum Gasteiger partial charge on any atom is 0.255 e. The van der Waals surface area contributed by atoms with Crippen molar-refractivity contribution >= 4 is 23.2 Å². The summed E-state index contributed by atoms with van der Waals surface area (Å²) in [4.78, 5) is 24.8. The first-order valence-electron chi connectivity index (χ1n) is 11.5. The average molecular weight is 461 g/mol. The molecule has 0 aliphatic carbocycles. The lowest BCUT2D eigenvalue weighted by molar-refractivity contribution is -0.116. The third-order valence-electron chi connectivity index (χ3n) is 5.82. The predicted octanol–water partition coefficient (Wildman–Crippen LogP) is 5.94. The van der Waals surface area contributed by atoms with E-state index in [0.717, 1.165) is 36.3 Å². The van der Waals surface area contributed by atoms with Crippen molar-refractivity contribution in [3.63, 3.8) is 0 Å². The normalized spacial score (nSPS) is 11.4. The highest BCUT2D eigenvalue weighted by molar-refractivity contribution is 6.04. The molecule has 0 heterocycles. The van der Waals surface area contributed by atoms with Crippen molar-refractivity contribution in [3.05, 3.63) is 83.9 Å². The zero-order valence-corrected chi connectivity index (χ0v) is 20.0. The molecule has 1 unspecified atom stereocenters. The van der Waals surface area contributed by atoms with Gasteiger partial charge in [-0.1, -0.05) is 37.6 Å². The molecular weight excluding hydrogens is 428 g/mol. The summed E-state index contributed by atoms with van der Waals surface area (Å²) < 4.78 is 10.8. The molecule has 178 valence electrons. The fourth-order valence-corrected chi connectivity index (χ4v) is 3.77. The van der Waals surface area contributed by atoms with E-state index in [4.69, 9.17) is 9.47 Å². The van der Waals surface area contributed by atoms with Crippen LogP contribution in [-0.4, -0.2) is 26.0 Å². The van der Waals surface area contributed by atoms with Gasteiger partial charge in [-0.25, -0.2) is 0 Å². The first-order valence-corrected chi connectivity index (χ1v) is 11.5. The number of nitrogens with one attached hydrogen (secondary N) is 2. The first-order chi connectivity index (χ1) is 16.5. The third-order valence-corrected chi connectivity index (χ3v) is 5.82. The van der Waals surface area contributed by atoms with Crippen LogP contribution in [0.2, 0.25) is 0 Å². The highest BCUT2D eigenvalue weighted by atomic mass is 16.5. The Bertz CT molecular complexity index is 1080. The van der Waals surface area contributed by atoms with Gasteiger partial charge in [-0.05, 0) is 66.8 Å². The summed E-state index contributed by atoms with van der Waals surface area (Å²) in [7, 11) is 3.29. The molecule has 0 aliphatic heterocycles. The highest BCUT2D eigenvalue weighted by Crippen LogP contribution is 2.29. The molecule has 6 nitrogen and oxygen atoms in total. The molecule has 0 fully saturated rings. The van der Waals surface area contributed by atoms with Crippen molar-refractivity contribution in [2.45, 2.75) is 32.6 Å². The predicted molar refractivity (Wildman–Crippen MR) is 136 cm³/mol. The Labute approximate surface area is 201 Å². The van der Waals surface area contributed by atoms with E-state index in [-0.39, 0.29) is 11.8 Å². The fraction of sp³-hybridized carbons (Fsp3) is 0.286. The molecule has 6 heteroatoms. The van der Waals surface area contributed by atoms with Crippen LogP contribution >= 0.6 is 0 Å². The number of amides is 2. The molecule has 0 saturated carbocycles. The van der Waals surface area contributed by atoms with Crippen LogP contribution in [-0.2, 0) is 11.2 Å². The minimum absolute atomic E-state index is 0.0267. The van der Waals surface area contributed by atoms with E-state index < -0.39 is 0 Å². The van der Waals surface area contributed by atoms with Crippen LogP contribution in [0.15, 0.2) is 72.8 Å². The molecule has 3 aromatic rings. The van der Waals surface area contributed by atoms with E-state index in [2.05, 4.69) is 17.6 Å². The maximum atomic E-state index is 12.5. The monoisotopic (exact) mass is 460 g/mol. The minimum atomic E-state index is -0.170. The second-order valence-corrected chi connectivity index (χ2v) is 8.14. The standard InChI is InChI=1S/C28H32N2O4/c1-4-20(18-22-11-16-25(33-2)19-26(22)34-3)10-17-27(31)29-23-12-14-24(15-13-23)30-28(32)21-8-6-5-7-9-21/h5-9,11-16,19-20H,4,10,17-18H2,1-3H3,(H,29,31)(H,30,32). The Balaban J connectivity index is 1.49. The third kappa shape index (κ3) is 7.10. The molecule has 0 radical (unpaired) electrons. The zero-order valence-electron chi connectivity index (χ0n) is 20.0.